The fourth-order valence-electron chi connectivity index (χ4n) is 3.94. The van der Waals surface area contributed by atoms with Gasteiger partial charge < -0.3 is 4.90 Å². The topological polar surface area (TPSA) is 3.24 Å². The molecule has 2 fully saturated rings. The van der Waals surface area contributed by atoms with Crippen molar-refractivity contribution in [1.82, 2.24) is 4.90 Å². The summed E-state index contributed by atoms with van der Waals surface area (Å²) in [6.45, 7) is 7.47. The van der Waals surface area contributed by atoms with Gasteiger partial charge in [-0.1, -0.05) is 20.8 Å². The van der Waals surface area contributed by atoms with E-state index in [2.05, 4.69) is 39.8 Å². The molecule has 2 aliphatic carbocycles. The third kappa shape index (κ3) is 0.971. The normalized spacial score (nSPS) is 47.5. The second-order valence-corrected chi connectivity index (χ2v) is 6.09. The summed E-state index contributed by atoms with van der Waals surface area (Å²) in [5.74, 6) is 0.977. The summed E-state index contributed by atoms with van der Waals surface area (Å²) in [6, 6.07) is 0.821. The maximum atomic E-state index is 2.50. The lowest BCUT2D eigenvalue weighted by Crippen LogP contribution is -2.43. The van der Waals surface area contributed by atoms with Gasteiger partial charge in [0.25, 0.3) is 0 Å². The van der Waals surface area contributed by atoms with E-state index >= 15 is 0 Å². The molecule has 2 aliphatic rings. The molecule has 0 N–H and O–H groups in total. The quantitative estimate of drug-likeness (QED) is 0.601. The molecule has 0 saturated heterocycles. The molecule has 0 radical (unpaired) electrons. The van der Waals surface area contributed by atoms with Crippen molar-refractivity contribution in [1.29, 1.82) is 0 Å². The second-order valence-electron chi connectivity index (χ2n) is 6.09. The van der Waals surface area contributed by atoms with E-state index in [-0.39, 0.29) is 0 Å². The Balaban J connectivity index is 2.33. The molecule has 2 saturated carbocycles. The minimum absolute atomic E-state index is 0.571. The third-order valence-electron chi connectivity index (χ3n) is 5.37. The van der Waals surface area contributed by atoms with E-state index in [1.54, 1.807) is 0 Å². The lowest BCUT2D eigenvalue weighted by atomic mass is 9.69. The monoisotopic (exact) mass is 181 g/mol. The molecule has 76 valence electrons. The molecule has 0 aromatic carbocycles. The van der Waals surface area contributed by atoms with Crippen molar-refractivity contribution in [3.8, 4) is 0 Å². The van der Waals surface area contributed by atoms with Gasteiger partial charge in [0.05, 0.1) is 0 Å². The summed E-state index contributed by atoms with van der Waals surface area (Å²) in [6.07, 6.45) is 4.33. The Labute approximate surface area is 82.5 Å². The second kappa shape index (κ2) is 2.50. The predicted octanol–water partition coefficient (Wildman–Crippen LogP) is 2.76. The molecular weight excluding hydrogens is 158 g/mol. The van der Waals surface area contributed by atoms with Crippen LogP contribution < -0.4 is 0 Å². The predicted molar refractivity (Wildman–Crippen MR) is 56.7 cm³/mol. The fourth-order valence-corrected chi connectivity index (χ4v) is 3.94. The molecule has 0 aromatic rings. The van der Waals surface area contributed by atoms with Gasteiger partial charge in [0.2, 0.25) is 0 Å². The maximum absolute atomic E-state index is 2.50. The van der Waals surface area contributed by atoms with E-state index < -0.39 is 0 Å². The number of hydrogen-bond acceptors (Lipinski definition) is 1. The van der Waals surface area contributed by atoms with Crippen LogP contribution >= 0.6 is 0 Å². The summed E-state index contributed by atoms with van der Waals surface area (Å²) in [5.41, 5.74) is 1.14. The molecule has 2 rings (SSSR count). The fraction of sp³-hybridized carbons (Fsp3) is 1.00. The summed E-state index contributed by atoms with van der Waals surface area (Å²) in [4.78, 5) is 2.45. The van der Waals surface area contributed by atoms with Gasteiger partial charge in [-0.3, -0.25) is 0 Å². The highest BCUT2D eigenvalue weighted by Crippen LogP contribution is 2.66. The highest BCUT2D eigenvalue weighted by atomic mass is 15.1. The molecule has 0 aliphatic heterocycles. The summed E-state index contributed by atoms with van der Waals surface area (Å²) < 4.78 is 0. The Hall–Kier alpha value is -0.0400. The Morgan fingerprint density at radius 3 is 2.00 bits per heavy atom. The molecule has 0 amide bonds. The molecule has 13 heavy (non-hydrogen) atoms. The first kappa shape index (κ1) is 9.51. The highest BCUT2D eigenvalue weighted by Gasteiger charge is 2.61. The molecule has 1 nitrogen and oxygen atoms in total. The lowest BCUT2D eigenvalue weighted by molar-refractivity contribution is 0.0715. The SMILES string of the molecule is CN(C)[C@H]1CC2CCC1(C)C2(C)C. The number of rotatable bonds is 1. The lowest BCUT2D eigenvalue weighted by Gasteiger charge is -2.42. The van der Waals surface area contributed by atoms with Gasteiger partial charge in [0.1, 0.15) is 0 Å². The molecule has 0 heterocycles. The molecule has 2 bridgehead atoms. The Bertz CT molecular complexity index is 219. The summed E-state index contributed by atoms with van der Waals surface area (Å²) >= 11 is 0. The van der Waals surface area contributed by atoms with E-state index in [1.807, 2.05) is 0 Å². The first-order valence-corrected chi connectivity index (χ1v) is 5.56. The van der Waals surface area contributed by atoms with E-state index in [1.165, 1.54) is 19.3 Å². The van der Waals surface area contributed by atoms with Crippen LogP contribution in [-0.4, -0.2) is 25.0 Å². The smallest absolute Gasteiger partial charge is 0.0151 e. The van der Waals surface area contributed by atoms with Crippen LogP contribution in [0.3, 0.4) is 0 Å². The minimum atomic E-state index is 0.571. The number of fused-ring (bicyclic) bond motifs is 2. The standard InChI is InChI=1S/C12H23N/c1-11(2)9-6-7-12(11,3)10(8-9)13(4)5/h9-10H,6-8H2,1-5H3/t9?,10-,12?/m0/s1. The average molecular weight is 181 g/mol. The van der Waals surface area contributed by atoms with E-state index in [9.17, 15) is 0 Å². The van der Waals surface area contributed by atoms with Crippen molar-refractivity contribution in [2.24, 2.45) is 16.7 Å². The maximum Gasteiger partial charge on any atom is 0.0151 e. The van der Waals surface area contributed by atoms with Crippen LogP contribution in [0.2, 0.25) is 0 Å². The Morgan fingerprint density at radius 2 is 1.77 bits per heavy atom. The number of hydrogen-bond donors (Lipinski definition) is 0. The Kier molecular flexibility index (Phi) is 1.83. The van der Waals surface area contributed by atoms with Crippen LogP contribution in [0.15, 0.2) is 0 Å². The summed E-state index contributed by atoms with van der Waals surface area (Å²) in [7, 11) is 4.49. The first-order chi connectivity index (χ1) is 5.89. The van der Waals surface area contributed by atoms with Gasteiger partial charge in [-0.25, -0.2) is 0 Å². The van der Waals surface area contributed by atoms with Crippen molar-refractivity contribution in [3.63, 3.8) is 0 Å². The molecular formula is C12H23N. The van der Waals surface area contributed by atoms with Gasteiger partial charge in [0.15, 0.2) is 0 Å². The first-order valence-electron chi connectivity index (χ1n) is 5.56. The van der Waals surface area contributed by atoms with Gasteiger partial charge in [-0.05, 0) is 50.1 Å². The van der Waals surface area contributed by atoms with Crippen LogP contribution in [0, 0.1) is 16.7 Å². The van der Waals surface area contributed by atoms with Gasteiger partial charge in [0, 0.05) is 6.04 Å². The molecule has 0 aromatic heterocycles. The number of nitrogens with zero attached hydrogens (tertiary/aromatic N) is 1. The van der Waals surface area contributed by atoms with Crippen molar-refractivity contribution in [2.75, 3.05) is 14.1 Å². The van der Waals surface area contributed by atoms with E-state index in [0.29, 0.717) is 10.8 Å². The van der Waals surface area contributed by atoms with Crippen LogP contribution in [0.5, 0.6) is 0 Å². The van der Waals surface area contributed by atoms with Crippen LogP contribution in [-0.2, 0) is 0 Å². The average Bonchev–Trinajstić information content (AvgIpc) is 2.34. The third-order valence-corrected chi connectivity index (χ3v) is 5.37. The zero-order valence-electron chi connectivity index (χ0n) is 9.72. The van der Waals surface area contributed by atoms with Crippen molar-refractivity contribution >= 4 is 0 Å². The van der Waals surface area contributed by atoms with Crippen molar-refractivity contribution in [2.45, 2.75) is 46.1 Å². The molecule has 1 heteroatoms. The molecule has 3 atom stereocenters. The Morgan fingerprint density at radius 1 is 1.15 bits per heavy atom. The molecule has 2 unspecified atom stereocenters. The van der Waals surface area contributed by atoms with Crippen LogP contribution in [0.1, 0.15) is 40.0 Å². The molecule has 0 spiro atoms. The van der Waals surface area contributed by atoms with Gasteiger partial charge in [-0.15, -0.1) is 0 Å². The highest BCUT2D eigenvalue weighted by molar-refractivity contribution is 5.12. The van der Waals surface area contributed by atoms with Gasteiger partial charge in [-0.2, -0.15) is 0 Å². The largest absolute Gasteiger partial charge is 0.306 e. The zero-order valence-corrected chi connectivity index (χ0v) is 9.72. The van der Waals surface area contributed by atoms with Gasteiger partial charge >= 0.3 is 0 Å². The summed E-state index contributed by atoms with van der Waals surface area (Å²) in [5, 5.41) is 0. The van der Waals surface area contributed by atoms with E-state index in [4.69, 9.17) is 0 Å². The zero-order chi connectivity index (χ0) is 9.85. The van der Waals surface area contributed by atoms with Crippen molar-refractivity contribution < 1.29 is 0 Å². The van der Waals surface area contributed by atoms with Crippen LogP contribution in [0.4, 0.5) is 0 Å². The van der Waals surface area contributed by atoms with E-state index in [0.717, 1.165) is 12.0 Å². The minimum Gasteiger partial charge on any atom is -0.306 e. The van der Waals surface area contributed by atoms with Crippen LogP contribution in [0.25, 0.3) is 0 Å². The van der Waals surface area contributed by atoms with Crippen molar-refractivity contribution in [3.05, 3.63) is 0 Å².